The van der Waals surface area contributed by atoms with Crippen LogP contribution in [0.2, 0.25) is 0 Å². The van der Waals surface area contributed by atoms with Gasteiger partial charge in [-0.2, -0.15) is 0 Å². The van der Waals surface area contributed by atoms with E-state index in [2.05, 4.69) is 5.32 Å². The van der Waals surface area contributed by atoms with Gasteiger partial charge in [0.1, 0.15) is 12.3 Å². The Morgan fingerprint density at radius 2 is 1.82 bits per heavy atom. The van der Waals surface area contributed by atoms with Crippen LogP contribution in [0.4, 0.5) is 10.5 Å². The molecule has 3 amide bonds. The van der Waals surface area contributed by atoms with E-state index in [0.717, 1.165) is 11.1 Å². The second-order valence-electron chi connectivity index (χ2n) is 8.54. The van der Waals surface area contributed by atoms with Crippen molar-refractivity contribution in [3.05, 3.63) is 77.7 Å². The summed E-state index contributed by atoms with van der Waals surface area (Å²) < 4.78 is 16.3. The second-order valence-corrected chi connectivity index (χ2v) is 8.54. The number of benzene rings is 2. The zero-order valence-electron chi connectivity index (χ0n) is 19.6. The number of rotatable bonds is 8. The number of carbonyl (C=O) groups excluding carboxylic acids is 2. The molecule has 0 saturated carbocycles. The number of fused-ring (bicyclic) bond motifs is 1. The molecule has 1 N–H and O–H groups in total. The smallest absolute Gasteiger partial charge is 0.322 e. The number of nitrogens with one attached hydrogen (secondary N) is 1. The van der Waals surface area contributed by atoms with Crippen LogP contribution < -0.4 is 14.8 Å². The topological polar surface area (TPSA) is 84.3 Å². The van der Waals surface area contributed by atoms with Crippen LogP contribution in [0, 0.1) is 6.92 Å². The van der Waals surface area contributed by atoms with E-state index in [1.807, 2.05) is 69.3 Å². The number of anilines is 1. The molecule has 34 heavy (non-hydrogen) atoms. The molecule has 0 fully saturated rings. The van der Waals surface area contributed by atoms with Gasteiger partial charge >= 0.3 is 6.03 Å². The Morgan fingerprint density at radius 3 is 2.56 bits per heavy atom. The summed E-state index contributed by atoms with van der Waals surface area (Å²) in [7, 11) is 0. The van der Waals surface area contributed by atoms with Gasteiger partial charge < -0.3 is 29.0 Å². The second kappa shape index (κ2) is 10.3. The Morgan fingerprint density at radius 1 is 1.00 bits per heavy atom. The molecule has 0 aliphatic carbocycles. The van der Waals surface area contributed by atoms with Crippen LogP contribution in [0.25, 0.3) is 0 Å². The highest BCUT2D eigenvalue weighted by atomic mass is 16.7. The first-order valence-electron chi connectivity index (χ1n) is 11.2. The summed E-state index contributed by atoms with van der Waals surface area (Å²) in [5.74, 6) is 1.81. The maximum Gasteiger partial charge on any atom is 0.322 e. The third-order valence-electron chi connectivity index (χ3n) is 5.55. The van der Waals surface area contributed by atoms with Gasteiger partial charge in [-0.1, -0.05) is 18.2 Å². The molecule has 0 saturated heterocycles. The normalized spacial score (nSPS) is 12.0. The van der Waals surface area contributed by atoms with Crippen molar-refractivity contribution in [3.8, 4) is 11.5 Å². The quantitative estimate of drug-likeness (QED) is 0.519. The molecule has 8 nitrogen and oxygen atoms in total. The first kappa shape index (κ1) is 23.2. The highest BCUT2D eigenvalue weighted by molar-refractivity contribution is 5.92. The fourth-order valence-corrected chi connectivity index (χ4v) is 3.74. The van der Waals surface area contributed by atoms with Gasteiger partial charge in [0.2, 0.25) is 12.7 Å². The molecule has 2 aromatic carbocycles. The molecule has 1 aromatic heterocycles. The molecule has 1 aliphatic heterocycles. The zero-order chi connectivity index (χ0) is 24.1. The number of nitrogens with zero attached hydrogens (tertiary/aromatic N) is 2. The third-order valence-corrected chi connectivity index (χ3v) is 5.55. The molecule has 178 valence electrons. The summed E-state index contributed by atoms with van der Waals surface area (Å²) in [4.78, 5) is 29.7. The lowest BCUT2D eigenvalue weighted by molar-refractivity contribution is -0.133. The lowest BCUT2D eigenvalue weighted by Crippen LogP contribution is -2.47. The molecule has 4 rings (SSSR count). The van der Waals surface area contributed by atoms with E-state index in [4.69, 9.17) is 13.9 Å². The minimum Gasteiger partial charge on any atom is -0.467 e. The van der Waals surface area contributed by atoms with Gasteiger partial charge in [-0.25, -0.2) is 4.79 Å². The van der Waals surface area contributed by atoms with Gasteiger partial charge in [0.15, 0.2) is 11.5 Å². The fraction of sp³-hybridized carbons (Fsp3) is 0.308. The maximum atomic E-state index is 13.4. The average molecular weight is 464 g/mol. The Kier molecular flexibility index (Phi) is 7.06. The standard InChI is InChI=1S/C26H29N3O5/c1-18(2)29(26(31)27-21-7-4-6-19(3)12-21)16-25(30)28(15-22-8-5-11-32-22)14-20-9-10-23-24(13-20)34-17-33-23/h4-13,18H,14-17H2,1-3H3,(H,27,31). The van der Waals surface area contributed by atoms with E-state index < -0.39 is 0 Å². The molecule has 0 bridgehead atoms. The fourth-order valence-electron chi connectivity index (χ4n) is 3.74. The van der Waals surface area contributed by atoms with Crippen molar-refractivity contribution in [2.75, 3.05) is 18.7 Å². The van der Waals surface area contributed by atoms with Crippen LogP contribution >= 0.6 is 0 Å². The Hall–Kier alpha value is -3.94. The van der Waals surface area contributed by atoms with Crippen molar-refractivity contribution >= 4 is 17.6 Å². The summed E-state index contributed by atoms with van der Waals surface area (Å²) >= 11 is 0. The van der Waals surface area contributed by atoms with Gasteiger partial charge in [0.05, 0.1) is 12.8 Å². The number of furan rings is 1. The van der Waals surface area contributed by atoms with E-state index in [-0.39, 0.29) is 37.9 Å². The monoisotopic (exact) mass is 463 g/mol. The summed E-state index contributed by atoms with van der Waals surface area (Å²) in [6.07, 6.45) is 1.58. The van der Waals surface area contributed by atoms with Crippen LogP contribution in [0.5, 0.6) is 11.5 Å². The number of aryl methyl sites for hydroxylation is 1. The van der Waals surface area contributed by atoms with Gasteiger partial charge in [0.25, 0.3) is 0 Å². The molecule has 0 unspecified atom stereocenters. The lowest BCUT2D eigenvalue weighted by atomic mass is 10.1. The molecule has 1 aliphatic rings. The van der Waals surface area contributed by atoms with Crippen molar-refractivity contribution < 1.29 is 23.5 Å². The summed E-state index contributed by atoms with van der Waals surface area (Å²) in [6, 6.07) is 16.3. The van der Waals surface area contributed by atoms with Crippen LogP contribution in [0.1, 0.15) is 30.7 Å². The Bertz CT molecular complexity index is 1140. The maximum absolute atomic E-state index is 13.4. The highest BCUT2D eigenvalue weighted by Gasteiger charge is 2.25. The number of hydrogen-bond donors (Lipinski definition) is 1. The Balaban J connectivity index is 1.50. The van der Waals surface area contributed by atoms with Crippen LogP contribution in [0.15, 0.2) is 65.3 Å². The van der Waals surface area contributed by atoms with Crippen LogP contribution in [0.3, 0.4) is 0 Å². The minimum atomic E-state index is -0.324. The van der Waals surface area contributed by atoms with E-state index >= 15 is 0 Å². The third kappa shape index (κ3) is 5.70. The largest absolute Gasteiger partial charge is 0.467 e. The van der Waals surface area contributed by atoms with Crippen molar-refractivity contribution in [2.45, 2.75) is 39.9 Å². The zero-order valence-corrected chi connectivity index (χ0v) is 19.6. The number of carbonyl (C=O) groups is 2. The van der Waals surface area contributed by atoms with Crippen LogP contribution in [-0.4, -0.2) is 41.1 Å². The van der Waals surface area contributed by atoms with Crippen LogP contribution in [-0.2, 0) is 17.9 Å². The number of ether oxygens (including phenoxy) is 2. The SMILES string of the molecule is Cc1cccc(NC(=O)N(CC(=O)N(Cc2ccc3c(c2)OCO3)Cc2ccco2)C(C)C)c1. The lowest BCUT2D eigenvalue weighted by Gasteiger charge is -2.30. The molecular formula is C26H29N3O5. The average Bonchev–Trinajstić information content (AvgIpc) is 3.48. The van der Waals surface area contributed by atoms with E-state index in [0.29, 0.717) is 29.5 Å². The van der Waals surface area contributed by atoms with E-state index in [1.54, 1.807) is 17.2 Å². The van der Waals surface area contributed by atoms with Crippen molar-refractivity contribution in [1.82, 2.24) is 9.80 Å². The number of urea groups is 1. The highest BCUT2D eigenvalue weighted by Crippen LogP contribution is 2.33. The molecular weight excluding hydrogens is 434 g/mol. The first-order chi connectivity index (χ1) is 16.4. The Labute approximate surface area is 199 Å². The summed E-state index contributed by atoms with van der Waals surface area (Å²) in [6.45, 7) is 6.47. The number of hydrogen-bond acceptors (Lipinski definition) is 5. The predicted octanol–water partition coefficient (Wildman–Crippen LogP) is 4.79. The van der Waals surface area contributed by atoms with Crippen molar-refractivity contribution in [3.63, 3.8) is 0 Å². The van der Waals surface area contributed by atoms with E-state index in [9.17, 15) is 9.59 Å². The van der Waals surface area contributed by atoms with E-state index in [1.165, 1.54) is 4.90 Å². The first-order valence-corrected chi connectivity index (χ1v) is 11.2. The van der Waals surface area contributed by atoms with Gasteiger partial charge in [-0.3, -0.25) is 4.79 Å². The minimum absolute atomic E-state index is 0.0689. The molecule has 0 atom stereocenters. The van der Waals surface area contributed by atoms with Gasteiger partial charge in [0, 0.05) is 18.3 Å². The van der Waals surface area contributed by atoms with Crippen molar-refractivity contribution in [2.24, 2.45) is 0 Å². The summed E-state index contributed by atoms with van der Waals surface area (Å²) in [5.41, 5.74) is 2.62. The summed E-state index contributed by atoms with van der Waals surface area (Å²) in [5, 5.41) is 2.90. The number of amides is 3. The van der Waals surface area contributed by atoms with Gasteiger partial charge in [-0.05, 0) is 68.3 Å². The molecule has 3 aromatic rings. The molecule has 8 heteroatoms. The van der Waals surface area contributed by atoms with Crippen molar-refractivity contribution in [1.29, 1.82) is 0 Å². The molecule has 0 spiro atoms. The molecule has 2 heterocycles. The molecule has 0 radical (unpaired) electrons. The van der Waals surface area contributed by atoms with Gasteiger partial charge in [-0.15, -0.1) is 0 Å². The predicted molar refractivity (Wildman–Crippen MR) is 128 cm³/mol.